The number of phenolic OH excluding ortho intramolecular Hbond substituents is 2. The molecule has 28 heavy (non-hydrogen) atoms. The van der Waals surface area contributed by atoms with Crippen LogP contribution in [0.3, 0.4) is 0 Å². The number of hydrogen-bond acceptors (Lipinski definition) is 6. The van der Waals surface area contributed by atoms with E-state index < -0.39 is 23.6 Å². The van der Waals surface area contributed by atoms with Crippen LogP contribution in [0.4, 0.5) is 10.5 Å². The summed E-state index contributed by atoms with van der Waals surface area (Å²) in [6, 6.07) is 9.60. The van der Waals surface area contributed by atoms with Crippen LogP contribution in [0, 0.1) is 13.8 Å². The van der Waals surface area contributed by atoms with Crippen LogP contribution in [0.5, 0.6) is 11.5 Å². The zero-order valence-electron chi connectivity index (χ0n) is 15.2. The second-order valence-electron chi connectivity index (χ2n) is 6.38. The van der Waals surface area contributed by atoms with Crippen LogP contribution in [0.25, 0.3) is 6.08 Å². The third-order valence-corrected chi connectivity index (χ3v) is 5.04. The third-order valence-electron chi connectivity index (χ3n) is 4.13. The van der Waals surface area contributed by atoms with E-state index in [-0.39, 0.29) is 16.4 Å². The Balaban J connectivity index is 1.71. The molecule has 1 heterocycles. The normalized spacial score (nSPS) is 15.4. The fourth-order valence-electron chi connectivity index (χ4n) is 2.71. The second-order valence-corrected chi connectivity index (χ2v) is 7.38. The highest BCUT2D eigenvalue weighted by molar-refractivity contribution is 8.18. The van der Waals surface area contributed by atoms with Gasteiger partial charge in [0.15, 0.2) is 11.5 Å². The first kappa shape index (κ1) is 19.5. The molecule has 0 atom stereocenters. The molecule has 2 aromatic carbocycles. The predicted octanol–water partition coefficient (Wildman–Crippen LogP) is 3.39. The third kappa shape index (κ3) is 4.17. The molecule has 2 aromatic rings. The lowest BCUT2D eigenvalue weighted by molar-refractivity contribution is -0.127. The molecule has 7 nitrogen and oxygen atoms in total. The minimum atomic E-state index is -0.585. The zero-order valence-corrected chi connectivity index (χ0v) is 16.0. The fraction of sp³-hybridized carbons (Fsp3) is 0.150. The van der Waals surface area contributed by atoms with Crippen molar-refractivity contribution >= 4 is 40.6 Å². The number of carbonyl (C=O) groups is 3. The highest BCUT2D eigenvalue weighted by atomic mass is 32.2. The number of anilines is 1. The molecule has 0 bridgehead atoms. The standard InChI is InChI=1S/C20H18N2O5S/c1-11-3-5-14(12(2)7-11)21-18(25)10-22-19(26)17(28-20(22)27)9-13-4-6-15(23)16(24)8-13/h3-9,23-24H,10H2,1-2H3,(H,21,25)/b17-9+. The Labute approximate surface area is 165 Å². The molecule has 0 spiro atoms. The van der Waals surface area contributed by atoms with Crippen LogP contribution < -0.4 is 5.32 Å². The highest BCUT2D eigenvalue weighted by Crippen LogP contribution is 2.33. The first-order valence-corrected chi connectivity index (χ1v) is 9.20. The lowest BCUT2D eigenvalue weighted by Crippen LogP contribution is -2.36. The summed E-state index contributed by atoms with van der Waals surface area (Å²) in [6.45, 7) is 3.41. The molecule has 0 unspecified atom stereocenters. The topological polar surface area (TPSA) is 107 Å². The molecular formula is C20H18N2O5S. The van der Waals surface area contributed by atoms with Crippen LogP contribution in [-0.2, 0) is 9.59 Å². The minimum Gasteiger partial charge on any atom is -0.504 e. The van der Waals surface area contributed by atoms with Gasteiger partial charge in [-0.1, -0.05) is 23.8 Å². The largest absolute Gasteiger partial charge is 0.504 e. The zero-order chi connectivity index (χ0) is 20.4. The lowest BCUT2D eigenvalue weighted by atomic mass is 10.1. The number of aromatic hydroxyl groups is 2. The monoisotopic (exact) mass is 398 g/mol. The Kier molecular flexibility index (Phi) is 5.41. The average Bonchev–Trinajstić information content (AvgIpc) is 2.88. The van der Waals surface area contributed by atoms with Crippen molar-refractivity contribution in [1.82, 2.24) is 4.90 Å². The number of rotatable bonds is 4. The number of aryl methyl sites for hydroxylation is 2. The summed E-state index contributed by atoms with van der Waals surface area (Å²) in [4.78, 5) is 38.0. The summed E-state index contributed by atoms with van der Waals surface area (Å²) in [5.41, 5.74) is 3.01. The summed E-state index contributed by atoms with van der Waals surface area (Å²) in [7, 11) is 0. The van der Waals surface area contributed by atoms with Gasteiger partial charge in [-0.3, -0.25) is 19.3 Å². The van der Waals surface area contributed by atoms with Gasteiger partial charge in [-0.2, -0.15) is 0 Å². The molecule has 3 rings (SSSR count). The number of thioether (sulfide) groups is 1. The predicted molar refractivity (Wildman–Crippen MR) is 107 cm³/mol. The number of nitrogens with zero attached hydrogens (tertiary/aromatic N) is 1. The maximum Gasteiger partial charge on any atom is 0.294 e. The molecule has 0 saturated carbocycles. The number of amides is 3. The van der Waals surface area contributed by atoms with E-state index >= 15 is 0 Å². The Morgan fingerprint density at radius 1 is 1.11 bits per heavy atom. The highest BCUT2D eigenvalue weighted by Gasteiger charge is 2.36. The van der Waals surface area contributed by atoms with Crippen LogP contribution in [0.2, 0.25) is 0 Å². The van der Waals surface area contributed by atoms with Gasteiger partial charge in [0.1, 0.15) is 6.54 Å². The van der Waals surface area contributed by atoms with Gasteiger partial charge >= 0.3 is 0 Å². The quantitative estimate of drug-likeness (QED) is 0.538. The van der Waals surface area contributed by atoms with Crippen molar-refractivity contribution in [3.8, 4) is 11.5 Å². The van der Waals surface area contributed by atoms with Crippen LogP contribution in [0.1, 0.15) is 16.7 Å². The average molecular weight is 398 g/mol. The molecule has 144 valence electrons. The van der Waals surface area contributed by atoms with Gasteiger partial charge in [0.25, 0.3) is 11.1 Å². The van der Waals surface area contributed by atoms with E-state index in [4.69, 9.17) is 0 Å². The minimum absolute atomic E-state index is 0.134. The fourth-order valence-corrected chi connectivity index (χ4v) is 3.54. The van der Waals surface area contributed by atoms with Crippen molar-refractivity contribution in [1.29, 1.82) is 0 Å². The Hall–Kier alpha value is -3.26. The van der Waals surface area contributed by atoms with Gasteiger partial charge < -0.3 is 15.5 Å². The SMILES string of the molecule is Cc1ccc(NC(=O)CN2C(=O)S/C(=C/c3ccc(O)c(O)c3)C2=O)c(C)c1. The van der Waals surface area contributed by atoms with Crippen molar-refractivity contribution in [2.24, 2.45) is 0 Å². The molecule has 1 fully saturated rings. The number of nitrogens with one attached hydrogen (secondary N) is 1. The van der Waals surface area contributed by atoms with Crippen LogP contribution in [-0.4, -0.2) is 38.7 Å². The maximum atomic E-state index is 12.5. The number of hydrogen-bond donors (Lipinski definition) is 3. The van der Waals surface area contributed by atoms with E-state index in [9.17, 15) is 24.6 Å². The van der Waals surface area contributed by atoms with Crippen LogP contribution in [0.15, 0.2) is 41.3 Å². The van der Waals surface area contributed by atoms with E-state index in [0.29, 0.717) is 23.0 Å². The molecule has 1 saturated heterocycles. The maximum absolute atomic E-state index is 12.5. The molecule has 0 radical (unpaired) electrons. The van der Waals surface area contributed by atoms with Gasteiger partial charge in [-0.25, -0.2) is 0 Å². The first-order valence-electron chi connectivity index (χ1n) is 8.39. The van der Waals surface area contributed by atoms with Crippen molar-refractivity contribution < 1.29 is 24.6 Å². The second kappa shape index (κ2) is 7.77. The van der Waals surface area contributed by atoms with Gasteiger partial charge in [0.2, 0.25) is 5.91 Å². The Morgan fingerprint density at radius 3 is 2.54 bits per heavy atom. The van der Waals surface area contributed by atoms with Crippen molar-refractivity contribution in [2.45, 2.75) is 13.8 Å². The number of phenols is 2. The summed E-state index contributed by atoms with van der Waals surface area (Å²) in [5, 5.41) is 21.0. The molecule has 0 aromatic heterocycles. The number of carbonyl (C=O) groups excluding carboxylic acids is 3. The Morgan fingerprint density at radius 2 is 1.86 bits per heavy atom. The van der Waals surface area contributed by atoms with E-state index in [1.807, 2.05) is 26.0 Å². The summed E-state index contributed by atoms with van der Waals surface area (Å²) < 4.78 is 0. The Bertz CT molecular complexity index is 1020. The van der Waals surface area contributed by atoms with Crippen molar-refractivity contribution in [2.75, 3.05) is 11.9 Å². The molecule has 1 aliphatic rings. The van der Waals surface area contributed by atoms with E-state index in [1.165, 1.54) is 24.3 Å². The van der Waals surface area contributed by atoms with E-state index in [0.717, 1.165) is 16.0 Å². The van der Waals surface area contributed by atoms with Gasteiger partial charge in [-0.15, -0.1) is 0 Å². The number of benzene rings is 2. The van der Waals surface area contributed by atoms with Crippen molar-refractivity contribution in [3.05, 3.63) is 58.0 Å². The van der Waals surface area contributed by atoms with E-state index in [1.54, 1.807) is 6.07 Å². The van der Waals surface area contributed by atoms with Crippen molar-refractivity contribution in [3.63, 3.8) is 0 Å². The number of imide groups is 1. The smallest absolute Gasteiger partial charge is 0.294 e. The van der Waals surface area contributed by atoms with Crippen LogP contribution >= 0.6 is 11.8 Å². The molecule has 0 aliphatic carbocycles. The first-order chi connectivity index (χ1) is 13.2. The van der Waals surface area contributed by atoms with Gasteiger partial charge in [0.05, 0.1) is 4.91 Å². The van der Waals surface area contributed by atoms with Gasteiger partial charge in [0, 0.05) is 5.69 Å². The molecule has 3 N–H and O–H groups in total. The lowest BCUT2D eigenvalue weighted by Gasteiger charge is -2.14. The summed E-state index contributed by atoms with van der Waals surface area (Å²) >= 11 is 0.714. The van der Waals surface area contributed by atoms with E-state index in [2.05, 4.69) is 5.32 Å². The molecule has 8 heteroatoms. The van der Waals surface area contributed by atoms with Gasteiger partial charge in [-0.05, 0) is 61.0 Å². The molecule has 1 aliphatic heterocycles. The molecule has 3 amide bonds. The molecular weight excluding hydrogens is 380 g/mol. The summed E-state index contributed by atoms with van der Waals surface area (Å²) in [5.74, 6) is -1.68. The summed E-state index contributed by atoms with van der Waals surface area (Å²) in [6.07, 6.45) is 1.42.